The number of anilines is 1. The number of fused-ring (bicyclic) bond motifs is 3. The van der Waals surface area contributed by atoms with Crippen LogP contribution in [0.3, 0.4) is 0 Å². The van der Waals surface area contributed by atoms with Gasteiger partial charge in [0.15, 0.2) is 5.82 Å². The average molecular weight is 590 g/mol. The third kappa shape index (κ3) is 4.82. The maximum Gasteiger partial charge on any atom is 0.319 e. The summed E-state index contributed by atoms with van der Waals surface area (Å²) in [5.41, 5.74) is 2.16. The van der Waals surface area contributed by atoms with E-state index in [4.69, 9.17) is 9.72 Å². The van der Waals surface area contributed by atoms with Crippen molar-refractivity contribution < 1.29 is 18.6 Å². The van der Waals surface area contributed by atoms with E-state index in [0.717, 1.165) is 47.8 Å². The highest BCUT2D eigenvalue weighted by molar-refractivity contribution is 6.01. The molecule has 0 spiro atoms. The number of halogens is 2. The Hall–Kier alpha value is -3.70. The topological polar surface area (TPSA) is 103 Å². The first-order valence-electron chi connectivity index (χ1n) is 15.1. The van der Waals surface area contributed by atoms with E-state index in [1.54, 1.807) is 19.3 Å². The number of piperidine rings is 1. The van der Waals surface area contributed by atoms with Gasteiger partial charge >= 0.3 is 6.01 Å². The summed E-state index contributed by atoms with van der Waals surface area (Å²) < 4.78 is 37.5. The minimum absolute atomic E-state index is 0.0404. The predicted octanol–water partition coefficient (Wildman–Crippen LogP) is 5.36. The highest BCUT2D eigenvalue weighted by Crippen LogP contribution is 2.42. The fourth-order valence-electron chi connectivity index (χ4n) is 7.43. The minimum atomic E-state index is -0.915. The zero-order valence-corrected chi connectivity index (χ0v) is 24.8. The van der Waals surface area contributed by atoms with E-state index in [1.807, 2.05) is 37.0 Å². The van der Waals surface area contributed by atoms with Crippen LogP contribution in [0.2, 0.25) is 0 Å². The molecule has 3 atom stereocenters. The highest BCUT2D eigenvalue weighted by Gasteiger charge is 2.49. The molecule has 1 aromatic carbocycles. The van der Waals surface area contributed by atoms with Crippen molar-refractivity contribution in [1.29, 1.82) is 0 Å². The van der Waals surface area contributed by atoms with Crippen LogP contribution in [0.25, 0.3) is 39.1 Å². The summed E-state index contributed by atoms with van der Waals surface area (Å²) in [4.78, 5) is 18.2. The van der Waals surface area contributed by atoms with Crippen LogP contribution in [0.15, 0.2) is 24.5 Å². The van der Waals surface area contributed by atoms with E-state index in [-0.39, 0.29) is 23.8 Å². The lowest BCUT2D eigenvalue weighted by atomic mass is 9.94. The van der Waals surface area contributed by atoms with Crippen LogP contribution >= 0.6 is 0 Å². The van der Waals surface area contributed by atoms with Gasteiger partial charge in [-0.3, -0.25) is 15.0 Å². The second-order valence-corrected chi connectivity index (χ2v) is 12.7. The second kappa shape index (κ2) is 10.5. The molecule has 43 heavy (non-hydrogen) atoms. The number of hydrogen-bond donors (Lipinski definition) is 2. The largest absolute Gasteiger partial charge is 0.461 e. The van der Waals surface area contributed by atoms with Crippen LogP contribution in [-0.2, 0) is 0 Å². The standard InChI is InChI=1S/C32H37F2N7O2/c1-4-7-21-19(2)12-24-22(15-36-39-24)25(21)28-26(34)27-23(14-35-28)29(40-10-5-8-31(3,42)17-40)38-30(37-27)43-18-32-9-6-11-41(32)16-20(33)13-32/h4,7,12,14-15,20,42H,5-6,8-11,13,16-18H2,1-3H3,(H,36,39)/b7-4-/t20-,31-,32+/m1/s1. The zero-order valence-electron chi connectivity index (χ0n) is 24.8. The normalized spacial score (nSPS) is 26.3. The summed E-state index contributed by atoms with van der Waals surface area (Å²) in [6.45, 7) is 8.16. The van der Waals surface area contributed by atoms with Gasteiger partial charge < -0.3 is 14.7 Å². The Bertz CT molecular complexity index is 1740. The third-order valence-corrected chi connectivity index (χ3v) is 9.41. The number of nitrogens with one attached hydrogen (secondary N) is 1. The summed E-state index contributed by atoms with van der Waals surface area (Å²) in [5.74, 6) is -0.112. The van der Waals surface area contributed by atoms with Crippen LogP contribution in [0.1, 0.15) is 57.1 Å². The van der Waals surface area contributed by atoms with Crippen LogP contribution in [-0.4, -0.2) is 85.3 Å². The summed E-state index contributed by atoms with van der Waals surface area (Å²) in [5, 5.41) is 19.3. The van der Waals surface area contributed by atoms with E-state index in [2.05, 4.69) is 25.1 Å². The van der Waals surface area contributed by atoms with Gasteiger partial charge in [-0.2, -0.15) is 15.1 Å². The first-order chi connectivity index (χ1) is 20.7. The Balaban J connectivity index is 1.38. The molecule has 0 unspecified atom stereocenters. The summed E-state index contributed by atoms with van der Waals surface area (Å²) in [7, 11) is 0. The molecule has 3 aromatic heterocycles. The molecule has 0 aliphatic carbocycles. The van der Waals surface area contributed by atoms with E-state index < -0.39 is 23.1 Å². The molecule has 6 heterocycles. The highest BCUT2D eigenvalue weighted by atomic mass is 19.1. The van der Waals surface area contributed by atoms with Gasteiger partial charge in [-0.1, -0.05) is 12.2 Å². The van der Waals surface area contributed by atoms with Gasteiger partial charge in [-0.15, -0.1) is 0 Å². The number of H-pyrrole nitrogens is 1. The number of aryl methyl sites for hydroxylation is 1. The van der Waals surface area contributed by atoms with Crippen molar-refractivity contribution in [3.63, 3.8) is 0 Å². The second-order valence-electron chi connectivity index (χ2n) is 12.7. The summed E-state index contributed by atoms with van der Waals surface area (Å²) in [6.07, 6.45) is 9.94. The number of hydrogen-bond acceptors (Lipinski definition) is 8. The fourth-order valence-corrected chi connectivity index (χ4v) is 7.43. The number of alkyl halides is 1. The number of ether oxygens (including phenoxy) is 1. The lowest BCUT2D eigenvalue weighted by Crippen LogP contribution is -2.46. The molecule has 11 heteroatoms. The van der Waals surface area contributed by atoms with Crippen molar-refractivity contribution in [1.82, 2.24) is 30.0 Å². The number of aromatic amines is 1. The van der Waals surface area contributed by atoms with Crippen molar-refractivity contribution in [2.24, 2.45) is 0 Å². The molecule has 3 fully saturated rings. The molecule has 226 valence electrons. The molecule has 4 aromatic rings. The Kier molecular flexibility index (Phi) is 6.85. The first kappa shape index (κ1) is 28.1. The van der Waals surface area contributed by atoms with Gasteiger partial charge in [0.2, 0.25) is 0 Å². The van der Waals surface area contributed by atoms with Crippen molar-refractivity contribution in [2.75, 3.05) is 37.7 Å². The number of aromatic nitrogens is 5. The molecule has 7 rings (SSSR count). The zero-order chi connectivity index (χ0) is 29.9. The Labute approximate surface area is 249 Å². The van der Waals surface area contributed by atoms with Crippen molar-refractivity contribution in [3.05, 3.63) is 41.5 Å². The molecule has 3 aliphatic rings. The molecular weight excluding hydrogens is 552 g/mol. The van der Waals surface area contributed by atoms with Gasteiger partial charge in [-0.05, 0) is 70.2 Å². The smallest absolute Gasteiger partial charge is 0.319 e. The number of β-amino-alcohol motifs (C(OH)–C–C–N with tert-alkyl or cyclic N) is 1. The van der Waals surface area contributed by atoms with Crippen LogP contribution < -0.4 is 9.64 Å². The molecule has 0 radical (unpaired) electrons. The molecule has 3 saturated heterocycles. The van der Waals surface area contributed by atoms with Gasteiger partial charge in [-0.25, -0.2) is 8.78 Å². The summed E-state index contributed by atoms with van der Waals surface area (Å²) >= 11 is 0. The molecule has 0 amide bonds. The van der Waals surface area contributed by atoms with Crippen molar-refractivity contribution in [3.8, 4) is 17.3 Å². The number of benzene rings is 1. The molecule has 3 aliphatic heterocycles. The van der Waals surface area contributed by atoms with Crippen LogP contribution in [0.5, 0.6) is 6.01 Å². The SMILES string of the molecule is C/C=C\c1c(C)cc2[nH]ncc2c1-c1ncc2c(N3CCC[C@@](C)(O)C3)nc(OC[C@@]34CCCN3C[C@H](F)C4)nc2c1F. The lowest BCUT2D eigenvalue weighted by molar-refractivity contribution is 0.0447. The first-order valence-corrected chi connectivity index (χ1v) is 15.1. The average Bonchev–Trinajstić information content (AvgIpc) is 3.66. The van der Waals surface area contributed by atoms with Gasteiger partial charge in [0.1, 0.15) is 29.8 Å². The Morgan fingerprint density at radius 1 is 1.19 bits per heavy atom. The number of aliphatic hydroxyl groups is 1. The summed E-state index contributed by atoms with van der Waals surface area (Å²) in [6, 6.07) is 2.03. The van der Waals surface area contributed by atoms with Crippen molar-refractivity contribution in [2.45, 2.75) is 70.2 Å². The van der Waals surface area contributed by atoms with E-state index in [0.29, 0.717) is 49.2 Å². The third-order valence-electron chi connectivity index (χ3n) is 9.41. The molecular formula is C32H37F2N7O2. The lowest BCUT2D eigenvalue weighted by Gasteiger charge is -2.38. The monoisotopic (exact) mass is 589 g/mol. The number of pyridine rings is 1. The maximum absolute atomic E-state index is 16.8. The van der Waals surface area contributed by atoms with E-state index in [9.17, 15) is 9.50 Å². The van der Waals surface area contributed by atoms with Gasteiger partial charge in [0, 0.05) is 43.2 Å². The fraction of sp³-hybridized carbons (Fsp3) is 0.500. The number of allylic oxidation sites excluding steroid dienone is 1. The minimum Gasteiger partial charge on any atom is -0.461 e. The quantitative estimate of drug-likeness (QED) is 0.310. The number of rotatable bonds is 6. The van der Waals surface area contributed by atoms with Crippen LogP contribution in [0, 0.1) is 12.7 Å². The Morgan fingerprint density at radius 3 is 2.84 bits per heavy atom. The van der Waals surface area contributed by atoms with Gasteiger partial charge in [0.05, 0.1) is 28.2 Å². The number of nitrogens with zero attached hydrogens (tertiary/aromatic N) is 6. The molecule has 2 N–H and O–H groups in total. The molecule has 0 bridgehead atoms. The van der Waals surface area contributed by atoms with Crippen LogP contribution in [0.4, 0.5) is 14.6 Å². The van der Waals surface area contributed by atoms with Crippen molar-refractivity contribution >= 4 is 33.7 Å². The Morgan fingerprint density at radius 2 is 2.02 bits per heavy atom. The van der Waals surface area contributed by atoms with E-state index in [1.165, 1.54) is 0 Å². The van der Waals surface area contributed by atoms with Gasteiger partial charge in [0.25, 0.3) is 0 Å². The van der Waals surface area contributed by atoms with E-state index >= 15 is 4.39 Å². The predicted molar refractivity (Wildman–Crippen MR) is 162 cm³/mol. The molecule has 9 nitrogen and oxygen atoms in total. The molecule has 0 saturated carbocycles. The maximum atomic E-state index is 16.8.